The number of benzene rings is 2. The van der Waals surface area contributed by atoms with Crippen LogP contribution in [0.1, 0.15) is 18.9 Å². The van der Waals surface area contributed by atoms with Crippen LogP contribution in [0.2, 0.25) is 0 Å². The number of anilines is 1. The molecular weight excluding hydrogens is 388 g/mol. The molecule has 0 saturated heterocycles. The summed E-state index contributed by atoms with van der Waals surface area (Å²) in [5.74, 6) is -0.263. The first-order valence-electron chi connectivity index (χ1n) is 9.11. The molecule has 0 fully saturated rings. The van der Waals surface area contributed by atoms with Crippen molar-refractivity contribution in [2.75, 3.05) is 11.9 Å². The Kier molecular flexibility index (Phi) is 6.65. The molecule has 1 heterocycles. The number of nitriles is 1. The number of hydrogen-bond donors (Lipinski definition) is 2. The third-order valence-corrected chi connectivity index (χ3v) is 5.37. The van der Waals surface area contributed by atoms with Gasteiger partial charge in [0.15, 0.2) is 5.16 Å². The van der Waals surface area contributed by atoms with Crippen LogP contribution in [-0.2, 0) is 11.3 Å². The maximum absolute atomic E-state index is 12.9. The minimum absolute atomic E-state index is 0.0470. The third kappa shape index (κ3) is 4.83. The third-order valence-electron chi connectivity index (χ3n) is 4.28. The zero-order chi connectivity index (χ0) is 20.8. The van der Waals surface area contributed by atoms with Crippen molar-refractivity contribution in [2.45, 2.75) is 30.3 Å². The highest BCUT2D eigenvalue weighted by molar-refractivity contribution is 8.00. The van der Waals surface area contributed by atoms with Crippen molar-refractivity contribution in [2.24, 2.45) is 0 Å². The lowest BCUT2D eigenvalue weighted by molar-refractivity contribution is -0.115. The van der Waals surface area contributed by atoms with E-state index in [4.69, 9.17) is 10.4 Å². The van der Waals surface area contributed by atoms with E-state index in [1.807, 2.05) is 6.07 Å². The summed E-state index contributed by atoms with van der Waals surface area (Å²) in [5, 5.41) is 21.3. The number of carbonyl (C=O) groups is 1. The van der Waals surface area contributed by atoms with Crippen molar-refractivity contribution in [3.05, 3.63) is 64.4 Å². The summed E-state index contributed by atoms with van der Waals surface area (Å²) in [7, 11) is 0. The monoisotopic (exact) mass is 408 g/mol. The fourth-order valence-corrected chi connectivity index (χ4v) is 3.72. The second-order valence-electron chi connectivity index (χ2n) is 6.39. The molecule has 0 aliphatic heterocycles. The van der Waals surface area contributed by atoms with Crippen LogP contribution in [0, 0.1) is 11.3 Å². The molecule has 1 amide bonds. The van der Waals surface area contributed by atoms with Gasteiger partial charge in [0.25, 0.3) is 5.56 Å². The number of amides is 1. The number of nitrogens with zero attached hydrogens (tertiary/aromatic N) is 3. The second kappa shape index (κ2) is 9.37. The minimum atomic E-state index is -0.533. The number of aromatic nitrogens is 2. The van der Waals surface area contributed by atoms with Gasteiger partial charge < -0.3 is 10.4 Å². The average molecular weight is 408 g/mol. The van der Waals surface area contributed by atoms with E-state index in [2.05, 4.69) is 10.3 Å². The number of aliphatic hydroxyl groups excluding tert-OH is 1. The van der Waals surface area contributed by atoms with E-state index in [-0.39, 0.29) is 18.1 Å². The molecule has 0 saturated carbocycles. The van der Waals surface area contributed by atoms with Gasteiger partial charge in [0.2, 0.25) is 5.91 Å². The molecule has 0 radical (unpaired) electrons. The highest BCUT2D eigenvalue weighted by Gasteiger charge is 2.19. The lowest BCUT2D eigenvalue weighted by atomic mass is 10.2. The molecule has 2 aromatic carbocycles. The number of nitrogens with one attached hydrogen (secondary N) is 1. The molecule has 0 spiro atoms. The molecule has 0 aliphatic rings. The first-order chi connectivity index (χ1) is 14.0. The summed E-state index contributed by atoms with van der Waals surface area (Å²) in [6, 6.07) is 15.8. The van der Waals surface area contributed by atoms with Crippen LogP contribution in [0.3, 0.4) is 0 Å². The molecule has 29 heavy (non-hydrogen) atoms. The highest BCUT2D eigenvalue weighted by atomic mass is 32.2. The predicted molar refractivity (Wildman–Crippen MR) is 113 cm³/mol. The molecular formula is C21H20N4O3S. The van der Waals surface area contributed by atoms with E-state index < -0.39 is 5.25 Å². The Morgan fingerprint density at radius 2 is 2.10 bits per heavy atom. The minimum Gasteiger partial charge on any atom is -0.396 e. The number of fused-ring (bicyclic) bond motifs is 1. The number of thioether (sulfide) groups is 1. The highest BCUT2D eigenvalue weighted by Crippen LogP contribution is 2.24. The molecule has 148 valence electrons. The Labute approximate surface area is 172 Å². The molecule has 3 aromatic rings. The van der Waals surface area contributed by atoms with Gasteiger partial charge in [-0.1, -0.05) is 30.0 Å². The first-order valence-corrected chi connectivity index (χ1v) is 9.99. The topological polar surface area (TPSA) is 108 Å². The summed E-state index contributed by atoms with van der Waals surface area (Å²) in [4.78, 5) is 30.1. The molecule has 2 N–H and O–H groups in total. The van der Waals surface area contributed by atoms with Gasteiger partial charge in [0, 0.05) is 18.8 Å². The molecule has 0 bridgehead atoms. The smallest absolute Gasteiger partial charge is 0.262 e. The van der Waals surface area contributed by atoms with Gasteiger partial charge in [-0.15, -0.1) is 0 Å². The van der Waals surface area contributed by atoms with E-state index >= 15 is 0 Å². The van der Waals surface area contributed by atoms with Crippen molar-refractivity contribution in [3.8, 4) is 6.07 Å². The molecule has 1 aromatic heterocycles. The van der Waals surface area contributed by atoms with E-state index in [0.717, 1.165) is 0 Å². The maximum Gasteiger partial charge on any atom is 0.262 e. The first kappa shape index (κ1) is 20.6. The number of aliphatic hydroxyl groups is 1. The van der Waals surface area contributed by atoms with E-state index in [0.29, 0.717) is 40.3 Å². The SMILES string of the molecule is C[C@H](Sc1nc2ccccc2c(=O)n1CCCO)C(=O)Nc1cccc(C#N)c1. The zero-order valence-corrected chi connectivity index (χ0v) is 16.6. The normalized spacial score (nSPS) is 11.8. The zero-order valence-electron chi connectivity index (χ0n) is 15.8. The van der Waals surface area contributed by atoms with Crippen LogP contribution in [0.5, 0.6) is 0 Å². The lowest BCUT2D eigenvalue weighted by Crippen LogP contribution is -2.27. The van der Waals surface area contributed by atoms with Gasteiger partial charge in [0.05, 0.1) is 27.8 Å². The summed E-state index contributed by atoms with van der Waals surface area (Å²) >= 11 is 1.18. The Morgan fingerprint density at radius 3 is 2.86 bits per heavy atom. The predicted octanol–water partition coefficient (Wildman–Crippen LogP) is 2.77. The van der Waals surface area contributed by atoms with Crippen LogP contribution >= 0.6 is 11.8 Å². The molecule has 8 heteroatoms. The summed E-state index contributed by atoms with van der Waals surface area (Å²) in [6.07, 6.45) is 0.412. The fraction of sp³-hybridized carbons (Fsp3) is 0.238. The average Bonchev–Trinajstić information content (AvgIpc) is 2.73. The Hall–Kier alpha value is -3.15. The number of para-hydroxylation sites is 1. The van der Waals surface area contributed by atoms with E-state index in [9.17, 15) is 9.59 Å². The quantitative estimate of drug-likeness (QED) is 0.460. The van der Waals surface area contributed by atoms with Crippen LogP contribution in [0.25, 0.3) is 10.9 Å². The summed E-state index contributed by atoms with van der Waals surface area (Å²) < 4.78 is 1.50. The van der Waals surface area contributed by atoms with Crippen molar-refractivity contribution in [1.29, 1.82) is 5.26 Å². The molecule has 7 nitrogen and oxygen atoms in total. The summed E-state index contributed by atoms with van der Waals surface area (Å²) in [6.45, 7) is 1.99. The molecule has 0 aliphatic carbocycles. The van der Waals surface area contributed by atoms with Crippen molar-refractivity contribution >= 4 is 34.3 Å². The van der Waals surface area contributed by atoms with Crippen LogP contribution in [-0.4, -0.2) is 32.4 Å². The maximum atomic E-state index is 12.9. The summed E-state index contributed by atoms with van der Waals surface area (Å²) in [5.41, 5.74) is 1.36. The largest absolute Gasteiger partial charge is 0.396 e. The second-order valence-corrected chi connectivity index (χ2v) is 7.70. The van der Waals surface area contributed by atoms with Crippen LogP contribution in [0.4, 0.5) is 5.69 Å². The molecule has 1 atom stereocenters. The Morgan fingerprint density at radius 1 is 1.31 bits per heavy atom. The van der Waals surface area contributed by atoms with Gasteiger partial charge in [0.1, 0.15) is 0 Å². The molecule has 0 unspecified atom stereocenters. The lowest BCUT2D eigenvalue weighted by Gasteiger charge is -2.16. The van der Waals surface area contributed by atoms with E-state index in [1.165, 1.54) is 16.3 Å². The van der Waals surface area contributed by atoms with Gasteiger partial charge in [-0.25, -0.2) is 4.98 Å². The van der Waals surface area contributed by atoms with Crippen LogP contribution in [0.15, 0.2) is 58.5 Å². The van der Waals surface area contributed by atoms with Crippen LogP contribution < -0.4 is 10.9 Å². The van der Waals surface area contributed by atoms with Gasteiger partial charge in [-0.2, -0.15) is 5.26 Å². The van der Waals surface area contributed by atoms with Gasteiger partial charge >= 0.3 is 0 Å². The Bertz CT molecular complexity index is 1140. The van der Waals surface area contributed by atoms with Crippen molar-refractivity contribution in [3.63, 3.8) is 0 Å². The van der Waals surface area contributed by atoms with Gasteiger partial charge in [-0.05, 0) is 43.7 Å². The van der Waals surface area contributed by atoms with Gasteiger partial charge in [-0.3, -0.25) is 14.2 Å². The number of hydrogen-bond acceptors (Lipinski definition) is 6. The van der Waals surface area contributed by atoms with Crippen molar-refractivity contribution < 1.29 is 9.90 Å². The van der Waals surface area contributed by atoms with E-state index in [1.54, 1.807) is 55.5 Å². The van der Waals surface area contributed by atoms with Crippen molar-refractivity contribution in [1.82, 2.24) is 9.55 Å². The Balaban J connectivity index is 1.86. The number of carbonyl (C=O) groups excluding carboxylic acids is 1. The molecule has 3 rings (SSSR count). The fourth-order valence-electron chi connectivity index (χ4n) is 2.79. The number of rotatable bonds is 7. The standard InChI is InChI=1S/C21H20N4O3S/c1-14(19(27)23-16-7-4-6-15(12-16)13-22)29-21-24-18-9-3-2-8-17(18)20(28)25(21)10-5-11-26/h2-4,6-9,12,14,26H,5,10-11H2,1H3,(H,23,27)/t14-/m0/s1.